The molecule has 0 unspecified atom stereocenters. The van der Waals surface area contributed by atoms with Gasteiger partial charge in [0.1, 0.15) is 0 Å². The summed E-state index contributed by atoms with van der Waals surface area (Å²) in [6.07, 6.45) is 1.77. The van der Waals surface area contributed by atoms with E-state index in [9.17, 15) is 0 Å². The van der Waals surface area contributed by atoms with Crippen molar-refractivity contribution in [3.8, 4) is 0 Å². The molecule has 0 fully saturated rings. The average molecular weight is 180 g/mol. The summed E-state index contributed by atoms with van der Waals surface area (Å²) in [5, 5.41) is 2.06. The molecule has 2 aromatic heterocycles. The molecular weight excluding hydrogens is 172 g/mol. The second-order valence-electron chi connectivity index (χ2n) is 2.47. The fourth-order valence-electron chi connectivity index (χ4n) is 1.02. The second kappa shape index (κ2) is 2.69. The van der Waals surface area contributed by atoms with Gasteiger partial charge in [0.05, 0.1) is 16.4 Å². The van der Waals surface area contributed by atoms with Crippen LogP contribution in [0, 0.1) is 6.92 Å². The predicted molar refractivity (Wildman–Crippen MR) is 50.0 cm³/mol. The minimum absolute atomic E-state index is 0.462. The van der Waals surface area contributed by atoms with Gasteiger partial charge in [-0.1, -0.05) is 0 Å². The van der Waals surface area contributed by atoms with Crippen molar-refractivity contribution in [3.05, 3.63) is 17.1 Å². The Balaban J connectivity index is 2.71. The third-order valence-electron chi connectivity index (χ3n) is 1.62. The Morgan fingerprint density at radius 3 is 3.17 bits per heavy atom. The second-order valence-corrected chi connectivity index (χ2v) is 3.38. The number of nitrogens with one attached hydrogen (secondary N) is 1. The van der Waals surface area contributed by atoms with E-state index in [0.29, 0.717) is 5.95 Å². The van der Waals surface area contributed by atoms with E-state index in [-0.39, 0.29) is 0 Å². The predicted octanol–water partition coefficient (Wildman–Crippen LogP) is 1.29. The molecular formula is C7H8N4S. The van der Waals surface area contributed by atoms with Crippen molar-refractivity contribution in [1.29, 1.82) is 0 Å². The quantitative estimate of drug-likeness (QED) is 0.512. The molecule has 0 saturated carbocycles. The lowest BCUT2D eigenvalue weighted by Gasteiger charge is -1.96. The molecule has 0 aromatic carbocycles. The molecule has 0 saturated heterocycles. The first-order chi connectivity index (χ1) is 5.81. The lowest BCUT2D eigenvalue weighted by molar-refractivity contribution is 1.15. The maximum atomic E-state index is 5.19. The van der Waals surface area contributed by atoms with Crippen LogP contribution in [-0.4, -0.2) is 9.97 Å². The highest BCUT2D eigenvalue weighted by Crippen LogP contribution is 2.22. The van der Waals surface area contributed by atoms with Crippen molar-refractivity contribution >= 4 is 27.5 Å². The van der Waals surface area contributed by atoms with Crippen LogP contribution in [0.5, 0.6) is 0 Å². The van der Waals surface area contributed by atoms with Crippen molar-refractivity contribution in [1.82, 2.24) is 9.97 Å². The molecule has 0 radical (unpaired) electrons. The molecule has 3 N–H and O–H groups in total. The smallest absolute Gasteiger partial charge is 0.237 e. The molecule has 62 valence electrons. The van der Waals surface area contributed by atoms with Gasteiger partial charge >= 0.3 is 0 Å². The summed E-state index contributed by atoms with van der Waals surface area (Å²) in [5.74, 6) is 5.65. The van der Waals surface area contributed by atoms with Crippen LogP contribution in [0.3, 0.4) is 0 Å². The number of aromatic nitrogens is 2. The monoisotopic (exact) mass is 180 g/mol. The zero-order valence-corrected chi connectivity index (χ0v) is 7.35. The Labute approximate surface area is 73.4 Å². The van der Waals surface area contributed by atoms with Gasteiger partial charge in [-0.3, -0.25) is 5.43 Å². The van der Waals surface area contributed by atoms with E-state index in [4.69, 9.17) is 5.84 Å². The number of hydrogen-bond acceptors (Lipinski definition) is 5. The van der Waals surface area contributed by atoms with Gasteiger partial charge < -0.3 is 0 Å². The number of nitrogens with zero attached hydrogens (tertiary/aromatic N) is 2. The highest BCUT2D eigenvalue weighted by atomic mass is 32.1. The first-order valence-corrected chi connectivity index (χ1v) is 4.36. The molecule has 0 aliphatic carbocycles. The number of anilines is 1. The normalized spacial score (nSPS) is 10.5. The molecule has 5 heteroatoms. The third-order valence-corrected chi connectivity index (χ3v) is 2.64. The molecule has 2 aromatic rings. The van der Waals surface area contributed by atoms with Gasteiger partial charge in [-0.15, -0.1) is 11.3 Å². The first-order valence-electron chi connectivity index (χ1n) is 3.48. The molecule has 12 heavy (non-hydrogen) atoms. The summed E-state index contributed by atoms with van der Waals surface area (Å²) in [6.45, 7) is 2.02. The van der Waals surface area contributed by atoms with Gasteiger partial charge in [-0.2, -0.15) is 0 Å². The summed E-state index contributed by atoms with van der Waals surface area (Å²) >= 11 is 1.64. The number of hydrogen-bond donors (Lipinski definition) is 2. The zero-order valence-electron chi connectivity index (χ0n) is 6.53. The molecule has 0 aliphatic rings. The molecule has 0 spiro atoms. The Hall–Kier alpha value is -1.20. The fourth-order valence-corrected chi connectivity index (χ4v) is 1.86. The largest absolute Gasteiger partial charge is 0.292 e. The lowest BCUT2D eigenvalue weighted by Crippen LogP contribution is -2.09. The van der Waals surface area contributed by atoms with Crippen LogP contribution in [0.1, 0.15) is 5.56 Å². The van der Waals surface area contributed by atoms with Crippen LogP contribution < -0.4 is 11.3 Å². The van der Waals surface area contributed by atoms with E-state index in [1.54, 1.807) is 17.5 Å². The van der Waals surface area contributed by atoms with Gasteiger partial charge in [-0.05, 0) is 17.9 Å². The zero-order chi connectivity index (χ0) is 8.55. The minimum Gasteiger partial charge on any atom is -0.292 e. The van der Waals surface area contributed by atoms with Crippen molar-refractivity contribution in [3.63, 3.8) is 0 Å². The maximum absolute atomic E-state index is 5.19. The number of nitrogens with two attached hydrogens (primary N) is 1. The van der Waals surface area contributed by atoms with E-state index < -0.39 is 0 Å². The summed E-state index contributed by atoms with van der Waals surface area (Å²) in [5.41, 5.74) is 4.55. The molecule has 4 nitrogen and oxygen atoms in total. The van der Waals surface area contributed by atoms with Crippen molar-refractivity contribution in [2.75, 3.05) is 5.43 Å². The van der Waals surface area contributed by atoms with Crippen molar-refractivity contribution < 1.29 is 0 Å². The fraction of sp³-hybridized carbons (Fsp3) is 0.143. The van der Waals surface area contributed by atoms with Gasteiger partial charge in [0.2, 0.25) is 5.95 Å². The van der Waals surface area contributed by atoms with Crippen LogP contribution >= 0.6 is 11.3 Å². The number of thiophene rings is 1. The van der Waals surface area contributed by atoms with Crippen LogP contribution in [0.25, 0.3) is 10.2 Å². The molecule has 0 aliphatic heterocycles. The molecule has 0 atom stereocenters. The topological polar surface area (TPSA) is 63.8 Å². The van der Waals surface area contributed by atoms with E-state index >= 15 is 0 Å². The van der Waals surface area contributed by atoms with Gasteiger partial charge in [0.15, 0.2) is 0 Å². The van der Waals surface area contributed by atoms with Crippen molar-refractivity contribution in [2.45, 2.75) is 6.92 Å². The molecule has 0 bridgehead atoms. The molecule has 2 heterocycles. The van der Waals surface area contributed by atoms with E-state index in [0.717, 1.165) is 15.8 Å². The number of fused-ring (bicyclic) bond motifs is 1. The van der Waals surface area contributed by atoms with Crippen LogP contribution in [0.15, 0.2) is 11.6 Å². The van der Waals surface area contributed by atoms with Gasteiger partial charge in [-0.25, -0.2) is 15.8 Å². The summed E-state index contributed by atoms with van der Waals surface area (Å²) in [7, 11) is 0. The van der Waals surface area contributed by atoms with Crippen molar-refractivity contribution in [2.24, 2.45) is 5.84 Å². The number of aryl methyl sites for hydroxylation is 1. The minimum atomic E-state index is 0.462. The van der Waals surface area contributed by atoms with Crippen LogP contribution in [0.4, 0.5) is 5.95 Å². The Morgan fingerprint density at radius 2 is 2.42 bits per heavy atom. The van der Waals surface area contributed by atoms with Crippen LogP contribution in [0.2, 0.25) is 0 Å². The number of hydrazine groups is 1. The Bertz CT molecular complexity index is 409. The Kier molecular flexibility index (Phi) is 1.67. The lowest BCUT2D eigenvalue weighted by atomic mass is 10.3. The highest BCUT2D eigenvalue weighted by Gasteiger charge is 2.02. The third kappa shape index (κ3) is 1.03. The van der Waals surface area contributed by atoms with E-state index in [1.165, 1.54) is 0 Å². The first kappa shape index (κ1) is 7.45. The standard InChI is InChI=1S/C7H8N4S/c1-4-3-12-5-2-9-7(11-8)10-6(4)5/h2-3H,8H2,1H3,(H,9,10,11). The maximum Gasteiger partial charge on any atom is 0.237 e. The SMILES string of the molecule is Cc1csc2cnc(NN)nc12. The van der Waals surface area contributed by atoms with Crippen LogP contribution in [-0.2, 0) is 0 Å². The summed E-state index contributed by atoms with van der Waals surface area (Å²) in [6, 6.07) is 0. The summed E-state index contributed by atoms with van der Waals surface area (Å²) < 4.78 is 1.09. The number of rotatable bonds is 1. The van der Waals surface area contributed by atoms with Gasteiger partial charge in [0.25, 0.3) is 0 Å². The van der Waals surface area contributed by atoms with E-state index in [1.807, 2.05) is 6.92 Å². The molecule has 0 amide bonds. The molecule has 2 rings (SSSR count). The summed E-state index contributed by atoms with van der Waals surface area (Å²) in [4.78, 5) is 8.22. The average Bonchev–Trinajstić information content (AvgIpc) is 2.47. The number of nitrogen functional groups attached to an aromatic ring is 1. The Morgan fingerprint density at radius 1 is 1.58 bits per heavy atom. The highest BCUT2D eigenvalue weighted by molar-refractivity contribution is 7.17. The van der Waals surface area contributed by atoms with E-state index in [2.05, 4.69) is 20.8 Å². The van der Waals surface area contributed by atoms with Gasteiger partial charge in [0, 0.05) is 0 Å².